The van der Waals surface area contributed by atoms with Crippen molar-refractivity contribution in [3.8, 4) is 138 Å². The molecular formula is C68H50O45. The molecule has 5 aliphatic heterocycles. The van der Waals surface area contributed by atoms with Crippen molar-refractivity contribution in [2.24, 2.45) is 0 Å². The van der Waals surface area contributed by atoms with Crippen LogP contribution in [0, 0.1) is 0 Å². The number of rotatable bonds is 11. The first-order valence-corrected chi connectivity index (χ1v) is 31.6. The number of ketones is 1. The molecule has 7 aromatic carbocycles. The van der Waals surface area contributed by atoms with Gasteiger partial charge >= 0.3 is 53.5 Å². The van der Waals surface area contributed by atoms with Gasteiger partial charge in [-0.2, -0.15) is 0 Å². The summed E-state index contributed by atoms with van der Waals surface area (Å²) in [5.74, 6) is -59.2. The van der Waals surface area contributed by atoms with Crippen LogP contribution in [0.2, 0.25) is 0 Å². The third kappa shape index (κ3) is 12.5. The molecule has 0 aromatic heterocycles. The molecule has 24 N–H and O–H groups in total. The average Bonchev–Trinajstić information content (AvgIpc) is 1.36. The third-order valence-corrected chi connectivity index (χ3v) is 18.3. The van der Waals surface area contributed by atoms with E-state index in [0.29, 0.717) is 42.5 Å². The second kappa shape index (κ2) is 27.4. The lowest BCUT2D eigenvalue weighted by atomic mass is 9.70. The Morgan fingerprint density at radius 2 is 0.912 bits per heavy atom. The van der Waals surface area contributed by atoms with Gasteiger partial charge in [0, 0.05) is 28.8 Å². The second-order valence-electron chi connectivity index (χ2n) is 25.1. The molecular weight excluding hydrogens is 1540 g/mol. The van der Waals surface area contributed by atoms with E-state index >= 15 is 14.4 Å². The summed E-state index contributed by atoms with van der Waals surface area (Å²) in [6, 6.07) is 4.00. The smallest absolute Gasteiger partial charge is 0.342 e. The normalized spacial score (nSPS) is 24.0. The van der Waals surface area contributed by atoms with E-state index < -0.39 is 333 Å². The highest BCUT2D eigenvalue weighted by atomic mass is 16.8. The number of cyclic esters (lactones) is 1. The van der Waals surface area contributed by atoms with Gasteiger partial charge in [0.1, 0.15) is 43.2 Å². The van der Waals surface area contributed by atoms with E-state index in [2.05, 4.69) is 0 Å². The first kappa shape index (κ1) is 76.4. The van der Waals surface area contributed by atoms with Gasteiger partial charge in [-0.3, -0.25) is 4.79 Å². The van der Waals surface area contributed by atoms with Crippen LogP contribution < -0.4 is 9.47 Å². The molecule has 113 heavy (non-hydrogen) atoms. The number of aliphatic hydroxyl groups excluding tert-OH is 2. The Balaban J connectivity index is 0.907. The average molecular weight is 1590 g/mol. The summed E-state index contributed by atoms with van der Waals surface area (Å²) in [7, 11) is 0. The number of hydrogen-bond acceptors (Lipinski definition) is 45. The van der Waals surface area contributed by atoms with E-state index in [1.165, 1.54) is 0 Å². The summed E-state index contributed by atoms with van der Waals surface area (Å²) in [4.78, 5) is 130. The van der Waals surface area contributed by atoms with Crippen LogP contribution in [-0.4, -0.2) is 262 Å². The highest BCUT2D eigenvalue weighted by Crippen LogP contribution is 2.60. The zero-order chi connectivity index (χ0) is 82.3. The quantitative estimate of drug-likeness (QED) is 0.0320. The minimum absolute atomic E-state index is 0.157. The largest absolute Gasteiger partial charge is 0.504 e. The summed E-state index contributed by atoms with van der Waals surface area (Å²) < 4.78 is 66.6. The second-order valence-corrected chi connectivity index (χ2v) is 25.1. The SMILES string of the molecule is O=C1OC2C3COC(=O)c4cc(Oc5c(C(=O)OC6C(OC(=O)c7cc(O)c(O)c(O)c7)OC(COC(=O)c7cc(O)c(O)c(O)c7)C(O)C6O)cc(O)c(O)c5O)c(O)c(O)c4-c4c(cc(O)c(O)c4O)C(=O)OC2C(OC(=O)c2cc(O)c(O)c4c2C2C1=CC(=O)C(O)(O4)C2(O)O)C(OC(=O)c1cc(O)c(O)c(O)c1)O3. The van der Waals surface area contributed by atoms with Crippen molar-refractivity contribution < 1.29 is 223 Å². The highest BCUT2D eigenvalue weighted by molar-refractivity contribution is 6.10. The Labute approximate surface area is 620 Å². The van der Waals surface area contributed by atoms with Crippen LogP contribution in [0.5, 0.6) is 126 Å². The van der Waals surface area contributed by atoms with Gasteiger partial charge in [-0.25, -0.2) is 38.4 Å². The van der Waals surface area contributed by atoms with Crippen molar-refractivity contribution in [1.29, 1.82) is 0 Å². The zero-order valence-electron chi connectivity index (χ0n) is 55.4. The van der Waals surface area contributed by atoms with Crippen molar-refractivity contribution >= 4 is 53.5 Å². The number of phenolic OH excluding ortho intramolecular Hbond substituents is 19. The maximum absolute atomic E-state index is 15.3. The van der Waals surface area contributed by atoms with Crippen LogP contribution in [0.4, 0.5) is 0 Å². The van der Waals surface area contributed by atoms with Crippen molar-refractivity contribution in [3.05, 3.63) is 117 Å². The minimum atomic E-state index is -4.15. The van der Waals surface area contributed by atoms with Gasteiger partial charge in [-0.15, -0.1) is 0 Å². The monoisotopic (exact) mass is 1590 g/mol. The molecule has 13 rings (SSSR count). The van der Waals surface area contributed by atoms with Gasteiger partial charge in [0.15, 0.2) is 116 Å². The molecule has 0 saturated carbocycles. The van der Waals surface area contributed by atoms with Crippen LogP contribution in [0.1, 0.15) is 84.0 Å². The lowest BCUT2D eigenvalue weighted by molar-refractivity contribution is -0.339. The topological polar surface area (TPSA) is 750 Å². The predicted molar refractivity (Wildman–Crippen MR) is 343 cm³/mol. The van der Waals surface area contributed by atoms with Crippen molar-refractivity contribution in [2.75, 3.05) is 13.2 Å². The van der Waals surface area contributed by atoms with Gasteiger partial charge in [0.05, 0.1) is 44.9 Å². The van der Waals surface area contributed by atoms with E-state index in [1.54, 1.807) is 0 Å². The van der Waals surface area contributed by atoms with Gasteiger partial charge in [0.25, 0.3) is 5.79 Å². The zero-order valence-corrected chi connectivity index (χ0v) is 55.4. The van der Waals surface area contributed by atoms with E-state index in [9.17, 15) is 151 Å². The van der Waals surface area contributed by atoms with Gasteiger partial charge in [-0.05, 0) is 54.6 Å². The number of aliphatic hydroxyl groups is 5. The molecule has 7 aromatic rings. The minimum Gasteiger partial charge on any atom is -0.504 e. The van der Waals surface area contributed by atoms with Gasteiger partial charge in [0.2, 0.25) is 53.2 Å². The van der Waals surface area contributed by atoms with E-state index in [4.69, 9.17) is 56.8 Å². The van der Waals surface area contributed by atoms with Crippen molar-refractivity contribution in [1.82, 2.24) is 0 Å². The molecule has 0 radical (unpaired) electrons. The summed E-state index contributed by atoms with van der Waals surface area (Å²) in [6.45, 7) is -2.83. The Morgan fingerprint density at radius 3 is 1.49 bits per heavy atom. The Bertz CT molecular complexity index is 5320. The molecule has 0 amide bonds. The number of esters is 8. The van der Waals surface area contributed by atoms with E-state index in [0.717, 1.165) is 0 Å². The number of phenols is 19. The highest BCUT2D eigenvalue weighted by Gasteiger charge is 2.70. The maximum atomic E-state index is 15.3. The lowest BCUT2D eigenvalue weighted by Crippen LogP contribution is -2.70. The van der Waals surface area contributed by atoms with E-state index in [-0.39, 0.29) is 24.3 Å². The Morgan fingerprint density at radius 1 is 0.442 bits per heavy atom. The standard InChI is InChI=1S/C68H50O45/c69-22-1-14(2-23(70)39(22)79)57(91)102-12-32-46(86)50(90)54(65(105-32)111-58(92)15-3-24(71)40(80)25(72)4-15)108-64(98)21-9-29(76)43(83)49(89)51(21)104-31-10-19-36(48(88)45(31)85)35-17(7-28(75)42(82)47(35)87)61(95)109-55-52-33(13-103-60(19)94)106-66(112-59(93)16-5-26(73)41(81)27(74)6-16)56(55)110-62(96)18-8-30(77)44(84)53-37(18)38-20(63(97)107-52)11-34(78)68(101,113-53)67(38,99)100/h1-11,32-33,38,46,50,52,54-56,65-66,69-77,79-90,99-101H,12-13H2. The molecule has 2 fully saturated rings. The summed E-state index contributed by atoms with van der Waals surface area (Å²) in [6.07, 6.45) is -26.1. The molecule has 12 unspecified atom stereocenters. The molecule has 6 aliphatic rings. The van der Waals surface area contributed by atoms with Crippen LogP contribution in [0.25, 0.3) is 11.1 Å². The number of fused-ring (bicyclic) bond motifs is 4. The summed E-state index contributed by atoms with van der Waals surface area (Å²) >= 11 is 0. The summed E-state index contributed by atoms with van der Waals surface area (Å²) in [5, 5.41) is 262. The number of hydrogen-bond donors (Lipinski definition) is 24. The molecule has 6 bridgehead atoms. The molecule has 12 atom stereocenters. The molecule has 45 nitrogen and oxygen atoms in total. The number of benzene rings is 7. The molecule has 1 aliphatic carbocycles. The fourth-order valence-corrected chi connectivity index (χ4v) is 12.6. The molecule has 2 saturated heterocycles. The number of carbonyl (C=O) groups is 9. The van der Waals surface area contributed by atoms with Gasteiger partial charge < -0.3 is 179 Å². The Hall–Kier alpha value is -14.8. The lowest BCUT2D eigenvalue weighted by Gasteiger charge is -2.49. The molecule has 45 heteroatoms. The fourth-order valence-electron chi connectivity index (χ4n) is 12.6. The fraction of sp³-hybridized carbons (Fsp3) is 0.221. The van der Waals surface area contributed by atoms with Gasteiger partial charge in [-0.1, -0.05) is 0 Å². The number of ether oxygens (including phenoxy) is 12. The van der Waals surface area contributed by atoms with E-state index in [1.807, 2.05) is 0 Å². The van der Waals surface area contributed by atoms with Crippen molar-refractivity contribution in [3.63, 3.8) is 0 Å². The first-order valence-electron chi connectivity index (χ1n) is 31.6. The summed E-state index contributed by atoms with van der Waals surface area (Å²) in [5.41, 5.74) is -13.4. The Kier molecular flexibility index (Phi) is 18.5. The maximum Gasteiger partial charge on any atom is 0.342 e. The molecule has 0 spiro atoms. The third-order valence-electron chi connectivity index (χ3n) is 18.3. The van der Waals surface area contributed by atoms with Crippen LogP contribution in [0.3, 0.4) is 0 Å². The number of aromatic hydroxyl groups is 19. The molecule has 592 valence electrons. The van der Waals surface area contributed by atoms with Crippen molar-refractivity contribution in [2.45, 2.75) is 78.9 Å². The number of carbonyl (C=O) groups excluding carboxylic acids is 9. The van der Waals surface area contributed by atoms with Crippen LogP contribution in [0.15, 0.2) is 72.3 Å². The van der Waals surface area contributed by atoms with Crippen LogP contribution in [-0.2, 0) is 57.0 Å². The van der Waals surface area contributed by atoms with Crippen LogP contribution >= 0.6 is 0 Å². The predicted octanol–water partition coefficient (Wildman–Crippen LogP) is -0.978. The first-order chi connectivity index (χ1) is 53.0. The molecule has 5 heterocycles.